The first-order valence-electron chi connectivity index (χ1n) is 6.75. The molecule has 106 valence electrons. The van der Waals surface area contributed by atoms with Gasteiger partial charge in [-0.2, -0.15) is 0 Å². The van der Waals surface area contributed by atoms with Crippen molar-refractivity contribution in [2.75, 3.05) is 7.11 Å². The number of methoxy groups -OCH3 is 1. The summed E-state index contributed by atoms with van der Waals surface area (Å²) in [5.41, 5.74) is 4.26. The largest absolute Gasteiger partial charge is 0.496 e. The smallest absolute Gasteiger partial charge is 0.123 e. The Balaban J connectivity index is 2.06. The Kier molecular flexibility index (Phi) is 4.69. The van der Waals surface area contributed by atoms with Crippen molar-refractivity contribution in [3.63, 3.8) is 0 Å². The lowest BCUT2D eigenvalue weighted by Crippen LogP contribution is -2.19. The predicted octanol–water partition coefficient (Wildman–Crippen LogP) is 2.95. The average molecular weight is 271 g/mol. The summed E-state index contributed by atoms with van der Waals surface area (Å²) >= 11 is 0. The molecule has 0 aliphatic rings. The van der Waals surface area contributed by atoms with Crippen LogP contribution in [0, 0.1) is 13.8 Å². The summed E-state index contributed by atoms with van der Waals surface area (Å²) < 4.78 is 5.42. The maximum absolute atomic E-state index is 5.42. The number of benzene rings is 1. The monoisotopic (exact) mass is 271 g/mol. The minimum atomic E-state index is 0.188. The summed E-state index contributed by atoms with van der Waals surface area (Å²) in [5.74, 6) is 0.908. The van der Waals surface area contributed by atoms with E-state index in [0.717, 1.165) is 22.7 Å². The molecule has 1 heterocycles. The summed E-state index contributed by atoms with van der Waals surface area (Å²) in [7, 11) is 1.70. The molecule has 0 fully saturated rings. The standard InChI is InChI=1S/C16H21N3O/c1-11-5-6-16(20-4)15(7-11)13(3)18-10-14-9-17-12(2)8-19-14/h5-9,13,18H,10H2,1-4H3. The van der Waals surface area contributed by atoms with E-state index in [4.69, 9.17) is 4.74 Å². The third-order valence-corrected chi connectivity index (χ3v) is 3.28. The van der Waals surface area contributed by atoms with Crippen LogP contribution in [0.4, 0.5) is 0 Å². The fourth-order valence-corrected chi connectivity index (χ4v) is 2.07. The number of hydrogen-bond donors (Lipinski definition) is 1. The normalized spacial score (nSPS) is 12.2. The molecule has 0 aliphatic heterocycles. The number of aryl methyl sites for hydroxylation is 2. The number of hydrogen-bond acceptors (Lipinski definition) is 4. The maximum Gasteiger partial charge on any atom is 0.123 e. The molecule has 2 rings (SSSR count). The van der Waals surface area contributed by atoms with Crippen LogP contribution in [0.25, 0.3) is 0 Å². The van der Waals surface area contributed by atoms with Gasteiger partial charge in [0.25, 0.3) is 0 Å². The van der Waals surface area contributed by atoms with E-state index in [0.29, 0.717) is 6.54 Å². The zero-order valence-electron chi connectivity index (χ0n) is 12.5. The highest BCUT2D eigenvalue weighted by molar-refractivity contribution is 5.38. The molecule has 0 aliphatic carbocycles. The van der Waals surface area contributed by atoms with Crippen LogP contribution in [0.2, 0.25) is 0 Å². The molecule has 1 aromatic carbocycles. The molecule has 0 spiro atoms. The summed E-state index contributed by atoms with van der Waals surface area (Å²) in [6.07, 6.45) is 3.59. The predicted molar refractivity (Wildman–Crippen MR) is 79.8 cm³/mol. The molecule has 1 unspecified atom stereocenters. The van der Waals surface area contributed by atoms with Crippen molar-refractivity contribution in [2.24, 2.45) is 0 Å². The van der Waals surface area contributed by atoms with Crippen LogP contribution in [0.1, 0.15) is 35.5 Å². The minimum Gasteiger partial charge on any atom is -0.496 e. The molecular weight excluding hydrogens is 250 g/mol. The van der Waals surface area contributed by atoms with Gasteiger partial charge in [0.05, 0.1) is 18.5 Å². The highest BCUT2D eigenvalue weighted by atomic mass is 16.5. The first-order chi connectivity index (χ1) is 9.60. The van der Waals surface area contributed by atoms with E-state index in [1.165, 1.54) is 5.56 Å². The summed E-state index contributed by atoms with van der Waals surface area (Å²) in [5, 5.41) is 3.45. The van der Waals surface area contributed by atoms with Crippen LogP contribution in [0.15, 0.2) is 30.6 Å². The van der Waals surface area contributed by atoms with Crippen molar-refractivity contribution >= 4 is 0 Å². The van der Waals surface area contributed by atoms with Crippen LogP contribution in [0.5, 0.6) is 5.75 Å². The van der Waals surface area contributed by atoms with Crippen molar-refractivity contribution in [1.82, 2.24) is 15.3 Å². The van der Waals surface area contributed by atoms with Crippen molar-refractivity contribution in [2.45, 2.75) is 33.4 Å². The molecule has 1 N–H and O–H groups in total. The van der Waals surface area contributed by atoms with E-state index >= 15 is 0 Å². The molecule has 4 heteroatoms. The number of aromatic nitrogens is 2. The van der Waals surface area contributed by atoms with Gasteiger partial charge in [-0.05, 0) is 26.8 Å². The van der Waals surface area contributed by atoms with E-state index in [2.05, 4.69) is 41.3 Å². The Morgan fingerprint density at radius 1 is 1.20 bits per heavy atom. The van der Waals surface area contributed by atoms with Crippen molar-refractivity contribution in [3.8, 4) is 5.75 Å². The van der Waals surface area contributed by atoms with Crippen molar-refractivity contribution in [1.29, 1.82) is 0 Å². The Morgan fingerprint density at radius 2 is 2.00 bits per heavy atom. The van der Waals surface area contributed by atoms with Crippen LogP contribution in [-0.4, -0.2) is 17.1 Å². The molecule has 0 radical (unpaired) electrons. The lowest BCUT2D eigenvalue weighted by Gasteiger charge is -2.17. The number of ether oxygens (including phenoxy) is 1. The van der Waals surface area contributed by atoms with Gasteiger partial charge in [-0.3, -0.25) is 9.97 Å². The van der Waals surface area contributed by atoms with Crippen LogP contribution in [-0.2, 0) is 6.54 Å². The van der Waals surface area contributed by atoms with Crippen LogP contribution in [0.3, 0.4) is 0 Å². The van der Waals surface area contributed by atoms with Crippen LogP contribution < -0.4 is 10.1 Å². The van der Waals surface area contributed by atoms with Gasteiger partial charge in [0.15, 0.2) is 0 Å². The Labute approximate surface area is 120 Å². The van der Waals surface area contributed by atoms with Gasteiger partial charge in [-0.25, -0.2) is 0 Å². The average Bonchev–Trinajstić information content (AvgIpc) is 2.46. The van der Waals surface area contributed by atoms with Gasteiger partial charge in [0.2, 0.25) is 0 Å². The molecule has 0 saturated carbocycles. The Hall–Kier alpha value is -1.94. The zero-order chi connectivity index (χ0) is 14.5. The van der Waals surface area contributed by atoms with E-state index in [9.17, 15) is 0 Å². The quantitative estimate of drug-likeness (QED) is 0.908. The zero-order valence-corrected chi connectivity index (χ0v) is 12.5. The van der Waals surface area contributed by atoms with Crippen molar-refractivity contribution in [3.05, 3.63) is 53.1 Å². The summed E-state index contributed by atoms with van der Waals surface area (Å²) in [6, 6.07) is 6.40. The molecule has 2 aromatic rings. The van der Waals surface area contributed by atoms with E-state index < -0.39 is 0 Å². The number of nitrogens with one attached hydrogen (secondary N) is 1. The van der Waals surface area contributed by atoms with E-state index in [1.807, 2.05) is 19.2 Å². The van der Waals surface area contributed by atoms with Gasteiger partial charge in [0, 0.05) is 30.5 Å². The number of rotatable bonds is 5. The first kappa shape index (κ1) is 14.5. The molecule has 0 amide bonds. The van der Waals surface area contributed by atoms with Crippen LogP contribution >= 0.6 is 0 Å². The van der Waals surface area contributed by atoms with E-state index in [-0.39, 0.29) is 6.04 Å². The Bertz CT molecular complexity index is 566. The van der Waals surface area contributed by atoms with Gasteiger partial charge < -0.3 is 10.1 Å². The van der Waals surface area contributed by atoms with E-state index in [1.54, 1.807) is 13.3 Å². The van der Waals surface area contributed by atoms with Gasteiger partial charge in [0.1, 0.15) is 5.75 Å². The molecule has 0 saturated heterocycles. The molecule has 1 aromatic heterocycles. The second-order valence-electron chi connectivity index (χ2n) is 5.00. The highest BCUT2D eigenvalue weighted by Gasteiger charge is 2.11. The molecular formula is C16H21N3O. The Morgan fingerprint density at radius 3 is 2.65 bits per heavy atom. The molecule has 1 atom stereocenters. The second kappa shape index (κ2) is 6.48. The van der Waals surface area contributed by atoms with Gasteiger partial charge in [-0.1, -0.05) is 17.7 Å². The minimum absolute atomic E-state index is 0.188. The summed E-state index contributed by atoms with van der Waals surface area (Å²) in [4.78, 5) is 8.60. The first-order valence-corrected chi connectivity index (χ1v) is 6.75. The highest BCUT2D eigenvalue weighted by Crippen LogP contribution is 2.26. The van der Waals surface area contributed by atoms with Gasteiger partial charge in [-0.15, -0.1) is 0 Å². The molecule has 20 heavy (non-hydrogen) atoms. The lowest BCUT2D eigenvalue weighted by molar-refractivity contribution is 0.401. The third-order valence-electron chi connectivity index (χ3n) is 3.28. The second-order valence-corrected chi connectivity index (χ2v) is 5.00. The maximum atomic E-state index is 5.42. The lowest BCUT2D eigenvalue weighted by atomic mass is 10.0. The molecule has 0 bridgehead atoms. The topological polar surface area (TPSA) is 47.0 Å². The third kappa shape index (κ3) is 3.54. The fourth-order valence-electron chi connectivity index (χ4n) is 2.07. The van der Waals surface area contributed by atoms with Gasteiger partial charge >= 0.3 is 0 Å². The summed E-state index contributed by atoms with van der Waals surface area (Å²) in [6.45, 7) is 6.83. The number of nitrogens with zero attached hydrogens (tertiary/aromatic N) is 2. The fraction of sp³-hybridized carbons (Fsp3) is 0.375. The molecule has 4 nitrogen and oxygen atoms in total. The van der Waals surface area contributed by atoms with Crippen molar-refractivity contribution < 1.29 is 4.74 Å². The SMILES string of the molecule is COc1ccc(C)cc1C(C)NCc1cnc(C)cn1.